The molecule has 0 aliphatic carbocycles. The average Bonchev–Trinajstić information content (AvgIpc) is 2.03. The molecule has 0 aliphatic heterocycles. The molecule has 0 atom stereocenters. The molecule has 0 N–H and O–H groups in total. The SMILES string of the molecule is CCc1cc(C)ncc1C(C)=O. The summed E-state index contributed by atoms with van der Waals surface area (Å²) in [7, 11) is 0. The Hall–Kier alpha value is -1.18. The van der Waals surface area contributed by atoms with Gasteiger partial charge in [0.25, 0.3) is 0 Å². The summed E-state index contributed by atoms with van der Waals surface area (Å²) in [5, 5.41) is 0. The van der Waals surface area contributed by atoms with E-state index in [1.807, 2.05) is 19.9 Å². The number of rotatable bonds is 2. The molecule has 0 radical (unpaired) electrons. The van der Waals surface area contributed by atoms with Crippen molar-refractivity contribution in [2.45, 2.75) is 27.2 Å². The lowest BCUT2D eigenvalue weighted by atomic mass is 10.0. The smallest absolute Gasteiger partial charge is 0.161 e. The van der Waals surface area contributed by atoms with Crippen LogP contribution in [0.4, 0.5) is 0 Å². The van der Waals surface area contributed by atoms with Gasteiger partial charge in [0.2, 0.25) is 0 Å². The highest BCUT2D eigenvalue weighted by molar-refractivity contribution is 5.95. The van der Waals surface area contributed by atoms with Crippen molar-refractivity contribution < 1.29 is 4.79 Å². The zero-order valence-electron chi connectivity index (χ0n) is 7.72. The third kappa shape index (κ3) is 1.70. The number of carbonyl (C=O) groups excluding carboxylic acids is 1. The number of hydrogen-bond acceptors (Lipinski definition) is 2. The molecule has 1 aromatic heterocycles. The lowest BCUT2D eigenvalue weighted by Crippen LogP contribution is -2.00. The number of Topliss-reactive ketones (excluding diaryl/α,β-unsaturated/α-hetero) is 1. The number of carbonyl (C=O) groups is 1. The van der Waals surface area contributed by atoms with Crippen LogP contribution in [0.1, 0.15) is 35.5 Å². The summed E-state index contributed by atoms with van der Waals surface area (Å²) >= 11 is 0. The molecule has 0 spiro atoms. The summed E-state index contributed by atoms with van der Waals surface area (Å²) < 4.78 is 0. The van der Waals surface area contributed by atoms with E-state index in [1.165, 1.54) is 0 Å². The second kappa shape index (κ2) is 3.48. The van der Waals surface area contributed by atoms with Gasteiger partial charge in [0.05, 0.1) is 0 Å². The summed E-state index contributed by atoms with van der Waals surface area (Å²) in [5.41, 5.74) is 2.81. The van der Waals surface area contributed by atoms with Crippen molar-refractivity contribution in [1.29, 1.82) is 0 Å². The number of aromatic nitrogens is 1. The quantitative estimate of drug-likeness (QED) is 0.625. The van der Waals surface area contributed by atoms with Gasteiger partial charge in [0.1, 0.15) is 0 Å². The zero-order valence-corrected chi connectivity index (χ0v) is 7.72. The zero-order chi connectivity index (χ0) is 9.14. The Morgan fingerprint density at radius 2 is 2.25 bits per heavy atom. The highest BCUT2D eigenvalue weighted by Gasteiger charge is 2.05. The van der Waals surface area contributed by atoms with Crippen molar-refractivity contribution in [3.63, 3.8) is 0 Å². The summed E-state index contributed by atoms with van der Waals surface area (Å²) in [6.45, 7) is 5.55. The molecule has 0 amide bonds. The number of hydrogen-bond donors (Lipinski definition) is 0. The van der Waals surface area contributed by atoms with Crippen molar-refractivity contribution in [3.05, 3.63) is 29.1 Å². The minimum Gasteiger partial charge on any atom is -0.294 e. The molecule has 0 aliphatic rings. The third-order valence-corrected chi connectivity index (χ3v) is 1.89. The van der Waals surface area contributed by atoms with E-state index >= 15 is 0 Å². The number of aryl methyl sites for hydroxylation is 2. The molecule has 0 saturated carbocycles. The second-order valence-electron chi connectivity index (χ2n) is 2.89. The van der Waals surface area contributed by atoms with Crippen molar-refractivity contribution in [2.75, 3.05) is 0 Å². The largest absolute Gasteiger partial charge is 0.294 e. The molecule has 2 heteroatoms. The van der Waals surface area contributed by atoms with Crippen LogP contribution < -0.4 is 0 Å². The van der Waals surface area contributed by atoms with Crippen molar-refractivity contribution >= 4 is 5.78 Å². The van der Waals surface area contributed by atoms with E-state index in [0.29, 0.717) is 0 Å². The first-order valence-electron chi connectivity index (χ1n) is 4.11. The lowest BCUT2D eigenvalue weighted by molar-refractivity contribution is 0.101. The highest BCUT2D eigenvalue weighted by atomic mass is 16.1. The first-order valence-corrected chi connectivity index (χ1v) is 4.11. The Kier molecular flexibility index (Phi) is 2.58. The maximum Gasteiger partial charge on any atom is 0.161 e. The van der Waals surface area contributed by atoms with Crippen LogP contribution in [-0.2, 0) is 6.42 Å². The van der Waals surface area contributed by atoms with Crippen LogP contribution in [0.2, 0.25) is 0 Å². The summed E-state index contributed by atoms with van der Waals surface area (Å²) in [5.74, 6) is 0.0966. The predicted molar refractivity (Wildman–Crippen MR) is 48.4 cm³/mol. The first kappa shape index (κ1) is 8.91. The van der Waals surface area contributed by atoms with Gasteiger partial charge in [-0.3, -0.25) is 9.78 Å². The topological polar surface area (TPSA) is 30.0 Å². The molecule has 12 heavy (non-hydrogen) atoms. The van der Waals surface area contributed by atoms with Crippen LogP contribution in [0.15, 0.2) is 12.3 Å². The highest BCUT2D eigenvalue weighted by Crippen LogP contribution is 2.10. The van der Waals surface area contributed by atoms with E-state index in [9.17, 15) is 4.79 Å². The Balaban J connectivity index is 3.20. The van der Waals surface area contributed by atoms with E-state index in [4.69, 9.17) is 0 Å². The molecule has 2 nitrogen and oxygen atoms in total. The number of ketones is 1. The molecule has 0 unspecified atom stereocenters. The Morgan fingerprint density at radius 3 is 2.75 bits per heavy atom. The van der Waals surface area contributed by atoms with Crippen LogP contribution in [0.3, 0.4) is 0 Å². The fraction of sp³-hybridized carbons (Fsp3) is 0.400. The van der Waals surface area contributed by atoms with Gasteiger partial charge < -0.3 is 0 Å². The van der Waals surface area contributed by atoms with E-state index < -0.39 is 0 Å². The molecule has 0 fully saturated rings. The van der Waals surface area contributed by atoms with Crippen molar-refractivity contribution in [3.8, 4) is 0 Å². The molecule has 0 bridgehead atoms. The summed E-state index contributed by atoms with van der Waals surface area (Å²) in [4.78, 5) is 15.2. The van der Waals surface area contributed by atoms with Crippen molar-refractivity contribution in [1.82, 2.24) is 4.98 Å². The minimum atomic E-state index is 0.0966. The molecular formula is C10H13NO. The van der Waals surface area contributed by atoms with E-state index in [1.54, 1.807) is 13.1 Å². The minimum absolute atomic E-state index is 0.0966. The molecule has 64 valence electrons. The van der Waals surface area contributed by atoms with E-state index in [-0.39, 0.29) is 5.78 Å². The second-order valence-corrected chi connectivity index (χ2v) is 2.89. The van der Waals surface area contributed by atoms with Gasteiger partial charge in [0, 0.05) is 17.5 Å². The summed E-state index contributed by atoms with van der Waals surface area (Å²) in [6, 6.07) is 1.97. The fourth-order valence-electron chi connectivity index (χ4n) is 1.23. The van der Waals surface area contributed by atoms with Gasteiger partial charge in [-0.25, -0.2) is 0 Å². The predicted octanol–water partition coefficient (Wildman–Crippen LogP) is 2.16. The standard InChI is InChI=1S/C10H13NO/c1-4-9-5-7(2)11-6-10(9)8(3)12/h5-6H,4H2,1-3H3. The normalized spacial score (nSPS) is 9.92. The molecular weight excluding hydrogens is 150 g/mol. The summed E-state index contributed by atoms with van der Waals surface area (Å²) in [6.07, 6.45) is 2.55. The van der Waals surface area contributed by atoms with Gasteiger partial charge in [-0.05, 0) is 31.9 Å². The van der Waals surface area contributed by atoms with E-state index in [0.717, 1.165) is 23.2 Å². The molecule has 0 saturated heterocycles. The van der Waals surface area contributed by atoms with E-state index in [2.05, 4.69) is 4.98 Å². The third-order valence-electron chi connectivity index (χ3n) is 1.89. The maximum absolute atomic E-state index is 11.1. The van der Waals surface area contributed by atoms with Gasteiger partial charge in [-0.2, -0.15) is 0 Å². The van der Waals surface area contributed by atoms with Crippen LogP contribution in [0.5, 0.6) is 0 Å². The Bertz CT molecular complexity index is 305. The van der Waals surface area contributed by atoms with Gasteiger partial charge in [-0.15, -0.1) is 0 Å². The average molecular weight is 163 g/mol. The first-order chi connectivity index (χ1) is 5.65. The Labute approximate surface area is 72.6 Å². The fourth-order valence-corrected chi connectivity index (χ4v) is 1.23. The molecule has 1 aromatic rings. The lowest BCUT2D eigenvalue weighted by Gasteiger charge is -2.03. The van der Waals surface area contributed by atoms with Crippen LogP contribution in [0.25, 0.3) is 0 Å². The van der Waals surface area contributed by atoms with Gasteiger partial charge in [0.15, 0.2) is 5.78 Å². The number of pyridine rings is 1. The van der Waals surface area contributed by atoms with Crippen LogP contribution in [-0.4, -0.2) is 10.8 Å². The van der Waals surface area contributed by atoms with Crippen LogP contribution in [0, 0.1) is 6.92 Å². The van der Waals surface area contributed by atoms with Gasteiger partial charge >= 0.3 is 0 Å². The Morgan fingerprint density at radius 1 is 1.58 bits per heavy atom. The monoisotopic (exact) mass is 163 g/mol. The maximum atomic E-state index is 11.1. The molecule has 1 rings (SSSR count). The molecule has 1 heterocycles. The van der Waals surface area contributed by atoms with Crippen LogP contribution >= 0.6 is 0 Å². The number of nitrogens with zero attached hydrogens (tertiary/aromatic N) is 1. The van der Waals surface area contributed by atoms with Gasteiger partial charge in [-0.1, -0.05) is 6.92 Å². The molecule has 0 aromatic carbocycles. The van der Waals surface area contributed by atoms with Crippen molar-refractivity contribution in [2.24, 2.45) is 0 Å².